The number of carbonyl (C=O) groups excluding carboxylic acids is 1. The number of esters is 1. The normalized spacial score (nSPS) is 13.2. The van der Waals surface area contributed by atoms with Crippen LogP contribution in [0.5, 0.6) is 0 Å². The maximum absolute atomic E-state index is 11.2. The van der Waals surface area contributed by atoms with Crippen LogP contribution in [0.2, 0.25) is 0 Å². The van der Waals surface area contributed by atoms with Gasteiger partial charge in [-0.25, -0.2) is 0 Å². The second-order valence-electron chi connectivity index (χ2n) is 4.06. The summed E-state index contributed by atoms with van der Waals surface area (Å²) < 4.78 is 4.67. The van der Waals surface area contributed by atoms with Gasteiger partial charge in [0, 0.05) is 18.6 Å². The van der Waals surface area contributed by atoms with Gasteiger partial charge in [0.05, 0.1) is 20.1 Å². The van der Waals surface area contributed by atoms with Crippen molar-refractivity contribution >= 4 is 5.97 Å². The Labute approximate surface area is 98.6 Å². The summed E-state index contributed by atoms with van der Waals surface area (Å²) in [5.74, 6) is -0.193. The molecule has 0 aromatic heterocycles. The van der Waals surface area contributed by atoms with Crippen LogP contribution in [0.15, 0.2) is 0 Å². The van der Waals surface area contributed by atoms with Gasteiger partial charge in [0.1, 0.15) is 0 Å². The van der Waals surface area contributed by atoms with Crippen LogP contribution < -0.4 is 0 Å². The van der Waals surface area contributed by atoms with E-state index in [4.69, 9.17) is 5.11 Å². The molecule has 0 aromatic carbocycles. The monoisotopic (exact) mass is 231 g/mol. The third-order valence-electron chi connectivity index (χ3n) is 3.03. The molecule has 0 bridgehead atoms. The van der Waals surface area contributed by atoms with E-state index in [2.05, 4.69) is 23.5 Å². The molecule has 1 unspecified atom stereocenters. The lowest BCUT2D eigenvalue weighted by Crippen LogP contribution is -2.44. The zero-order valence-electron chi connectivity index (χ0n) is 10.9. The van der Waals surface area contributed by atoms with Crippen molar-refractivity contribution < 1.29 is 14.6 Å². The first kappa shape index (κ1) is 15.4. The number of carbonyl (C=O) groups is 1. The molecule has 0 aliphatic rings. The summed E-state index contributed by atoms with van der Waals surface area (Å²) in [6.07, 6.45) is 2.44. The van der Waals surface area contributed by atoms with Gasteiger partial charge in [-0.2, -0.15) is 0 Å². The highest BCUT2D eigenvalue weighted by molar-refractivity contribution is 5.69. The smallest absolute Gasteiger partial charge is 0.307 e. The van der Waals surface area contributed by atoms with E-state index in [1.54, 1.807) is 0 Å². The molecule has 4 heteroatoms. The van der Waals surface area contributed by atoms with Gasteiger partial charge in [0.2, 0.25) is 0 Å². The molecule has 1 atom stereocenters. The Kier molecular flexibility index (Phi) is 8.21. The molecule has 0 rings (SSSR count). The molecule has 0 saturated carbocycles. The van der Waals surface area contributed by atoms with Crippen LogP contribution in [0.4, 0.5) is 0 Å². The first-order chi connectivity index (χ1) is 7.60. The Morgan fingerprint density at radius 3 is 2.31 bits per heavy atom. The minimum Gasteiger partial charge on any atom is -0.469 e. The van der Waals surface area contributed by atoms with Gasteiger partial charge >= 0.3 is 5.97 Å². The summed E-state index contributed by atoms with van der Waals surface area (Å²) in [6.45, 7) is 7.00. The zero-order chi connectivity index (χ0) is 12.6. The second kappa shape index (κ2) is 8.53. The molecule has 0 amide bonds. The average molecular weight is 231 g/mol. The minimum absolute atomic E-state index is 0.115. The maximum atomic E-state index is 11.2. The molecule has 0 aliphatic heterocycles. The van der Waals surface area contributed by atoms with Gasteiger partial charge in [0.25, 0.3) is 0 Å². The lowest BCUT2D eigenvalue weighted by Gasteiger charge is -2.34. The Hall–Kier alpha value is -0.610. The van der Waals surface area contributed by atoms with Crippen LogP contribution >= 0.6 is 0 Å². The van der Waals surface area contributed by atoms with E-state index >= 15 is 0 Å². The van der Waals surface area contributed by atoms with Crippen LogP contribution in [-0.4, -0.2) is 48.3 Å². The van der Waals surface area contributed by atoms with E-state index in [9.17, 15) is 4.79 Å². The van der Waals surface area contributed by atoms with Gasteiger partial charge in [-0.3, -0.25) is 9.69 Å². The Balaban J connectivity index is 4.43. The highest BCUT2D eigenvalue weighted by Gasteiger charge is 2.22. The van der Waals surface area contributed by atoms with E-state index in [0.29, 0.717) is 19.0 Å². The fourth-order valence-corrected chi connectivity index (χ4v) is 2.08. The Morgan fingerprint density at radius 1 is 1.38 bits per heavy atom. The molecule has 0 aromatic rings. The lowest BCUT2D eigenvalue weighted by atomic mass is 10.1. The molecule has 1 N–H and O–H groups in total. The summed E-state index contributed by atoms with van der Waals surface area (Å²) in [5.41, 5.74) is 0. The average Bonchev–Trinajstić information content (AvgIpc) is 2.29. The highest BCUT2D eigenvalue weighted by atomic mass is 16.5. The zero-order valence-corrected chi connectivity index (χ0v) is 10.9. The summed E-state index contributed by atoms with van der Waals surface area (Å²) in [5, 5.41) is 9.06. The van der Waals surface area contributed by atoms with E-state index in [1.807, 2.05) is 6.92 Å². The SMILES string of the molecule is CCC(CC)N(CCO)C(C)CC(=O)OC. The van der Waals surface area contributed by atoms with Crippen molar-refractivity contribution in [2.75, 3.05) is 20.3 Å². The van der Waals surface area contributed by atoms with Crippen molar-refractivity contribution in [1.29, 1.82) is 0 Å². The van der Waals surface area contributed by atoms with Gasteiger partial charge in [-0.1, -0.05) is 13.8 Å². The molecule has 0 fully saturated rings. The summed E-state index contributed by atoms with van der Waals surface area (Å²) in [4.78, 5) is 13.4. The Bertz CT molecular complexity index is 193. The topological polar surface area (TPSA) is 49.8 Å². The van der Waals surface area contributed by atoms with Crippen molar-refractivity contribution in [2.24, 2.45) is 0 Å². The van der Waals surface area contributed by atoms with Crippen LogP contribution in [0.3, 0.4) is 0 Å². The van der Waals surface area contributed by atoms with Gasteiger partial charge in [-0.05, 0) is 19.8 Å². The third kappa shape index (κ3) is 4.94. The molecular weight excluding hydrogens is 206 g/mol. The van der Waals surface area contributed by atoms with Gasteiger partial charge in [-0.15, -0.1) is 0 Å². The van der Waals surface area contributed by atoms with E-state index in [0.717, 1.165) is 12.8 Å². The molecule has 96 valence electrons. The molecule has 0 heterocycles. The summed E-state index contributed by atoms with van der Waals surface area (Å²) >= 11 is 0. The number of aliphatic hydroxyl groups excluding tert-OH is 1. The first-order valence-corrected chi connectivity index (χ1v) is 6.04. The molecule has 0 aliphatic carbocycles. The van der Waals surface area contributed by atoms with Crippen LogP contribution in [0.1, 0.15) is 40.0 Å². The third-order valence-corrected chi connectivity index (χ3v) is 3.03. The van der Waals surface area contributed by atoms with Gasteiger partial charge in [0.15, 0.2) is 0 Å². The lowest BCUT2D eigenvalue weighted by molar-refractivity contribution is -0.142. The van der Waals surface area contributed by atoms with Crippen LogP contribution in [-0.2, 0) is 9.53 Å². The number of nitrogens with zero attached hydrogens (tertiary/aromatic N) is 1. The van der Waals surface area contributed by atoms with E-state index in [-0.39, 0.29) is 18.6 Å². The molecular formula is C12H25NO3. The van der Waals surface area contributed by atoms with E-state index in [1.165, 1.54) is 7.11 Å². The standard InChI is InChI=1S/C12H25NO3/c1-5-11(6-2)13(7-8-14)10(3)9-12(15)16-4/h10-11,14H,5-9H2,1-4H3. The number of methoxy groups -OCH3 is 1. The molecule has 0 saturated heterocycles. The van der Waals surface area contributed by atoms with Crippen molar-refractivity contribution in [3.63, 3.8) is 0 Å². The van der Waals surface area contributed by atoms with Crippen molar-refractivity contribution in [3.05, 3.63) is 0 Å². The summed E-state index contributed by atoms with van der Waals surface area (Å²) in [6, 6.07) is 0.538. The predicted molar refractivity (Wildman–Crippen MR) is 64.3 cm³/mol. The quantitative estimate of drug-likeness (QED) is 0.642. The minimum atomic E-state index is -0.193. The molecule has 0 spiro atoms. The number of rotatable bonds is 8. The largest absolute Gasteiger partial charge is 0.469 e. The fourth-order valence-electron chi connectivity index (χ4n) is 2.08. The number of hydrogen-bond donors (Lipinski definition) is 1. The number of hydrogen-bond acceptors (Lipinski definition) is 4. The van der Waals surface area contributed by atoms with Gasteiger partial charge < -0.3 is 9.84 Å². The van der Waals surface area contributed by atoms with Crippen LogP contribution in [0.25, 0.3) is 0 Å². The van der Waals surface area contributed by atoms with Crippen LogP contribution in [0, 0.1) is 0 Å². The van der Waals surface area contributed by atoms with Crippen molar-refractivity contribution in [2.45, 2.75) is 52.1 Å². The molecule has 0 radical (unpaired) electrons. The summed E-state index contributed by atoms with van der Waals surface area (Å²) in [7, 11) is 1.41. The maximum Gasteiger partial charge on any atom is 0.307 e. The van der Waals surface area contributed by atoms with Crippen molar-refractivity contribution in [1.82, 2.24) is 4.90 Å². The first-order valence-electron chi connectivity index (χ1n) is 6.04. The van der Waals surface area contributed by atoms with E-state index < -0.39 is 0 Å². The fraction of sp³-hybridized carbons (Fsp3) is 0.917. The van der Waals surface area contributed by atoms with Crippen molar-refractivity contribution in [3.8, 4) is 0 Å². The number of ether oxygens (including phenoxy) is 1. The molecule has 4 nitrogen and oxygen atoms in total. The Morgan fingerprint density at radius 2 is 1.94 bits per heavy atom. The number of aliphatic hydroxyl groups is 1. The predicted octanol–water partition coefficient (Wildman–Crippen LogP) is 1.42. The highest BCUT2D eigenvalue weighted by Crippen LogP contribution is 2.14. The molecule has 16 heavy (non-hydrogen) atoms. The second-order valence-corrected chi connectivity index (χ2v) is 4.06.